The molecule has 138 valence electrons. The maximum absolute atomic E-state index is 13.0. The van der Waals surface area contributed by atoms with Crippen LogP contribution in [0.25, 0.3) is 0 Å². The second-order valence-corrected chi connectivity index (χ2v) is 9.51. The molecule has 4 atom stereocenters. The fourth-order valence-corrected chi connectivity index (χ4v) is 7.40. The van der Waals surface area contributed by atoms with Crippen LogP contribution in [0.2, 0.25) is 0 Å². The standard InChI is InChI=1S/C18H19NO6S/c1-18-14(19(21)22)10-26(23,24)17(18)15(11-6-3-2-4-7-11)16-12(20)8-5-9-13(16)25-18/h2-4,6-7,14-15,17H,5,8-10H2,1H3/t14-,15-,17-,18+/m0/s1. The van der Waals surface area contributed by atoms with Crippen molar-refractivity contribution in [1.29, 1.82) is 0 Å². The maximum Gasteiger partial charge on any atom is 0.266 e. The summed E-state index contributed by atoms with van der Waals surface area (Å²) in [5.41, 5.74) is -0.418. The molecular weight excluding hydrogens is 358 g/mol. The number of carbonyl (C=O) groups is 1. The third kappa shape index (κ3) is 2.31. The van der Waals surface area contributed by atoms with Crippen molar-refractivity contribution >= 4 is 15.6 Å². The van der Waals surface area contributed by atoms with Crippen molar-refractivity contribution in [3.8, 4) is 0 Å². The normalized spacial score (nSPS) is 35.4. The minimum atomic E-state index is -3.82. The lowest BCUT2D eigenvalue weighted by molar-refractivity contribution is -0.537. The van der Waals surface area contributed by atoms with Crippen LogP contribution in [0.3, 0.4) is 0 Å². The average Bonchev–Trinajstić information content (AvgIpc) is 2.80. The first-order valence-electron chi connectivity index (χ1n) is 8.61. The molecule has 7 nitrogen and oxygen atoms in total. The van der Waals surface area contributed by atoms with Crippen LogP contribution in [-0.2, 0) is 19.4 Å². The van der Waals surface area contributed by atoms with E-state index in [4.69, 9.17) is 4.74 Å². The lowest BCUT2D eigenvalue weighted by Crippen LogP contribution is -2.56. The second kappa shape index (κ2) is 5.64. The monoisotopic (exact) mass is 377 g/mol. The SMILES string of the molecule is C[C@]12OC3=C(C(=O)CCC3)[C@H](c3ccccc3)[C@@H]1S(=O)(=O)C[C@@H]2[N+](=O)[O-]. The molecule has 0 amide bonds. The summed E-state index contributed by atoms with van der Waals surface area (Å²) in [5.74, 6) is -0.994. The molecule has 1 aliphatic carbocycles. The quantitative estimate of drug-likeness (QED) is 0.577. The fourth-order valence-electron chi connectivity index (χ4n) is 4.68. The Morgan fingerprint density at radius 1 is 1.23 bits per heavy atom. The van der Waals surface area contributed by atoms with Crippen LogP contribution in [0.4, 0.5) is 0 Å². The van der Waals surface area contributed by atoms with E-state index in [1.807, 2.05) is 6.07 Å². The van der Waals surface area contributed by atoms with Gasteiger partial charge in [0.15, 0.2) is 21.2 Å². The molecule has 0 unspecified atom stereocenters. The Bertz CT molecular complexity index is 922. The second-order valence-electron chi connectivity index (χ2n) is 7.34. The number of sulfone groups is 1. The Balaban J connectivity index is 1.99. The van der Waals surface area contributed by atoms with Gasteiger partial charge < -0.3 is 4.74 Å². The number of hydrogen-bond donors (Lipinski definition) is 0. The molecule has 2 heterocycles. The Labute approximate surface area is 151 Å². The van der Waals surface area contributed by atoms with Gasteiger partial charge >= 0.3 is 0 Å². The number of hydrogen-bond acceptors (Lipinski definition) is 6. The van der Waals surface area contributed by atoms with Crippen molar-refractivity contribution in [3.05, 3.63) is 57.3 Å². The minimum Gasteiger partial charge on any atom is -0.483 e. The zero-order chi connectivity index (χ0) is 18.7. The molecule has 0 saturated carbocycles. The first kappa shape index (κ1) is 17.2. The summed E-state index contributed by atoms with van der Waals surface area (Å²) in [6.45, 7) is 1.51. The topological polar surface area (TPSA) is 104 Å². The van der Waals surface area contributed by atoms with E-state index in [-0.39, 0.29) is 5.78 Å². The third-order valence-corrected chi connectivity index (χ3v) is 8.08. The summed E-state index contributed by atoms with van der Waals surface area (Å²) in [5, 5.41) is 10.5. The number of ether oxygens (including phenoxy) is 1. The minimum absolute atomic E-state index is 0.123. The zero-order valence-corrected chi connectivity index (χ0v) is 15.1. The van der Waals surface area contributed by atoms with Crippen molar-refractivity contribution in [3.63, 3.8) is 0 Å². The van der Waals surface area contributed by atoms with Gasteiger partial charge in [-0.05, 0) is 18.9 Å². The average molecular weight is 377 g/mol. The molecule has 1 aromatic rings. The van der Waals surface area contributed by atoms with Crippen molar-refractivity contribution in [2.24, 2.45) is 0 Å². The van der Waals surface area contributed by atoms with Crippen molar-refractivity contribution in [1.82, 2.24) is 0 Å². The number of ketones is 1. The van der Waals surface area contributed by atoms with Crippen LogP contribution in [0.5, 0.6) is 0 Å². The van der Waals surface area contributed by atoms with Gasteiger partial charge in [-0.3, -0.25) is 14.9 Å². The smallest absolute Gasteiger partial charge is 0.266 e. The van der Waals surface area contributed by atoms with Crippen LogP contribution < -0.4 is 0 Å². The number of carbonyl (C=O) groups excluding carboxylic acids is 1. The Morgan fingerprint density at radius 2 is 1.92 bits per heavy atom. The summed E-state index contributed by atoms with van der Waals surface area (Å²) >= 11 is 0. The third-order valence-electron chi connectivity index (χ3n) is 5.78. The molecule has 0 N–H and O–H groups in total. The summed E-state index contributed by atoms with van der Waals surface area (Å²) in [6, 6.07) is 7.57. The van der Waals surface area contributed by atoms with E-state index in [0.717, 1.165) is 0 Å². The highest BCUT2D eigenvalue weighted by Gasteiger charge is 2.69. The number of benzene rings is 1. The molecule has 1 fully saturated rings. The molecule has 4 rings (SSSR count). The van der Waals surface area contributed by atoms with Crippen molar-refractivity contribution in [2.75, 3.05) is 5.75 Å². The maximum atomic E-state index is 13.0. The fraction of sp³-hybridized carbons (Fsp3) is 0.500. The highest BCUT2D eigenvalue weighted by atomic mass is 32.2. The summed E-state index contributed by atoms with van der Waals surface area (Å²) in [6.07, 6.45) is 1.45. The van der Waals surface area contributed by atoms with Crippen LogP contribution in [0, 0.1) is 10.1 Å². The molecule has 0 bridgehead atoms. The Hall–Kier alpha value is -2.22. The van der Waals surface area contributed by atoms with Crippen LogP contribution in [0.1, 0.15) is 37.7 Å². The van der Waals surface area contributed by atoms with Gasteiger partial charge in [-0.2, -0.15) is 0 Å². The number of nitrogens with zero attached hydrogens (tertiary/aromatic N) is 1. The highest BCUT2D eigenvalue weighted by molar-refractivity contribution is 7.92. The van der Waals surface area contributed by atoms with E-state index >= 15 is 0 Å². The molecule has 0 aromatic heterocycles. The van der Waals surface area contributed by atoms with E-state index in [1.165, 1.54) is 6.92 Å². The van der Waals surface area contributed by atoms with E-state index in [9.17, 15) is 23.3 Å². The van der Waals surface area contributed by atoms with E-state index < -0.39 is 43.3 Å². The molecule has 26 heavy (non-hydrogen) atoms. The van der Waals surface area contributed by atoms with Gasteiger partial charge in [0.1, 0.15) is 16.8 Å². The Morgan fingerprint density at radius 3 is 2.58 bits per heavy atom. The Kier molecular flexibility index (Phi) is 3.73. The number of rotatable bonds is 2. The number of fused-ring (bicyclic) bond motifs is 1. The van der Waals surface area contributed by atoms with Crippen LogP contribution >= 0.6 is 0 Å². The first-order valence-corrected chi connectivity index (χ1v) is 10.3. The summed E-state index contributed by atoms with van der Waals surface area (Å²) < 4.78 is 31.9. The number of allylic oxidation sites excluding steroid dienone is 2. The van der Waals surface area contributed by atoms with Gasteiger partial charge in [0.25, 0.3) is 6.04 Å². The van der Waals surface area contributed by atoms with Gasteiger partial charge in [0, 0.05) is 29.3 Å². The van der Waals surface area contributed by atoms with Gasteiger partial charge in [0.2, 0.25) is 0 Å². The van der Waals surface area contributed by atoms with E-state index in [2.05, 4.69) is 0 Å². The van der Waals surface area contributed by atoms with Crippen molar-refractivity contribution in [2.45, 2.75) is 49.0 Å². The predicted molar refractivity (Wildman–Crippen MR) is 92.9 cm³/mol. The lowest BCUT2D eigenvalue weighted by atomic mass is 9.73. The van der Waals surface area contributed by atoms with Gasteiger partial charge in [-0.1, -0.05) is 30.3 Å². The molecule has 8 heteroatoms. The molecule has 0 spiro atoms. The predicted octanol–water partition coefficient (Wildman–Crippen LogP) is 2.01. The molecule has 0 radical (unpaired) electrons. The molecule has 1 saturated heterocycles. The van der Waals surface area contributed by atoms with Gasteiger partial charge in [0.05, 0.1) is 0 Å². The highest BCUT2D eigenvalue weighted by Crippen LogP contribution is 2.53. The zero-order valence-electron chi connectivity index (χ0n) is 14.3. The number of nitro groups is 1. The summed E-state index contributed by atoms with van der Waals surface area (Å²) in [4.78, 5) is 23.7. The molecular formula is C18H19NO6S. The lowest BCUT2D eigenvalue weighted by Gasteiger charge is -2.44. The first-order chi connectivity index (χ1) is 12.3. The van der Waals surface area contributed by atoms with Crippen molar-refractivity contribution < 1.29 is 22.9 Å². The summed E-state index contributed by atoms with van der Waals surface area (Å²) in [7, 11) is -3.82. The van der Waals surface area contributed by atoms with Crippen LogP contribution in [-0.4, -0.2) is 41.8 Å². The van der Waals surface area contributed by atoms with Gasteiger partial charge in [-0.25, -0.2) is 8.42 Å². The largest absolute Gasteiger partial charge is 0.483 e. The van der Waals surface area contributed by atoms with Gasteiger partial charge in [-0.15, -0.1) is 0 Å². The van der Waals surface area contributed by atoms with E-state index in [1.54, 1.807) is 24.3 Å². The molecule has 1 aromatic carbocycles. The molecule has 2 aliphatic heterocycles. The number of Topliss-reactive ketones (excluding diaryl/α,β-unsaturated/α-hetero) is 1. The van der Waals surface area contributed by atoms with E-state index in [0.29, 0.717) is 36.2 Å². The molecule has 3 aliphatic rings. The van der Waals surface area contributed by atoms with Crippen LogP contribution in [0.15, 0.2) is 41.7 Å².